The third-order valence-corrected chi connectivity index (χ3v) is 4.46. The molecule has 0 fully saturated rings. The second-order valence-electron chi connectivity index (χ2n) is 6.79. The number of aryl methyl sites for hydroxylation is 2. The van der Waals surface area contributed by atoms with Crippen LogP contribution in [0.5, 0.6) is 5.75 Å². The second kappa shape index (κ2) is 12.9. The molecule has 0 bridgehead atoms. The van der Waals surface area contributed by atoms with Crippen molar-refractivity contribution in [1.82, 2.24) is 5.32 Å². The molecule has 146 valence electrons. The normalized spacial score (nSPS) is 10.7. The molecule has 2 aromatic rings. The van der Waals surface area contributed by atoms with Gasteiger partial charge in [-0.1, -0.05) is 42.5 Å². The van der Waals surface area contributed by atoms with Crippen LogP contribution in [0, 0.1) is 0 Å². The highest BCUT2D eigenvalue weighted by molar-refractivity contribution is 5.66. The van der Waals surface area contributed by atoms with E-state index in [1.165, 1.54) is 11.1 Å². The molecule has 0 radical (unpaired) electrons. The van der Waals surface area contributed by atoms with Crippen LogP contribution in [0.2, 0.25) is 0 Å². The molecule has 0 atom stereocenters. The van der Waals surface area contributed by atoms with Gasteiger partial charge >= 0.3 is 5.97 Å². The summed E-state index contributed by atoms with van der Waals surface area (Å²) >= 11 is 0. The molecule has 0 aliphatic rings. The third-order valence-electron chi connectivity index (χ3n) is 4.46. The maximum atomic E-state index is 10.4. The summed E-state index contributed by atoms with van der Waals surface area (Å²) in [5, 5.41) is 11.9. The molecule has 2 aromatic carbocycles. The molecule has 0 heterocycles. The van der Waals surface area contributed by atoms with Gasteiger partial charge in [-0.15, -0.1) is 0 Å². The number of unbranched alkanes of at least 4 members (excludes halogenated alkanes) is 1. The summed E-state index contributed by atoms with van der Waals surface area (Å²) in [6.07, 6.45) is 6.11. The van der Waals surface area contributed by atoms with Crippen molar-refractivity contribution in [2.24, 2.45) is 0 Å². The molecule has 27 heavy (non-hydrogen) atoms. The summed E-state index contributed by atoms with van der Waals surface area (Å²) < 4.78 is 5.83. The lowest BCUT2D eigenvalue weighted by atomic mass is 10.1. The predicted octanol–water partition coefficient (Wildman–Crippen LogP) is 4.48. The quantitative estimate of drug-likeness (QED) is 0.482. The summed E-state index contributed by atoms with van der Waals surface area (Å²) in [7, 11) is 0. The van der Waals surface area contributed by atoms with Gasteiger partial charge in [-0.2, -0.15) is 0 Å². The maximum absolute atomic E-state index is 10.4. The van der Waals surface area contributed by atoms with Gasteiger partial charge in [0, 0.05) is 6.42 Å². The third kappa shape index (κ3) is 9.80. The van der Waals surface area contributed by atoms with Gasteiger partial charge in [0.15, 0.2) is 0 Å². The zero-order chi connectivity index (χ0) is 19.2. The largest absolute Gasteiger partial charge is 0.494 e. The Labute approximate surface area is 162 Å². The predicted molar refractivity (Wildman–Crippen MR) is 109 cm³/mol. The number of carbonyl (C=O) groups is 1. The molecular formula is C23H31NO3. The van der Waals surface area contributed by atoms with Gasteiger partial charge in [0.2, 0.25) is 0 Å². The summed E-state index contributed by atoms with van der Waals surface area (Å²) in [5.41, 5.74) is 2.67. The molecule has 0 unspecified atom stereocenters. The molecule has 0 aliphatic heterocycles. The summed E-state index contributed by atoms with van der Waals surface area (Å²) in [6.45, 7) is 2.59. The first kappa shape index (κ1) is 21.0. The SMILES string of the molecule is O=C(O)CCCCNCCCc1ccc(OCCCc2ccccc2)cc1. The van der Waals surface area contributed by atoms with E-state index in [4.69, 9.17) is 9.84 Å². The molecule has 0 saturated heterocycles. The lowest BCUT2D eigenvalue weighted by Gasteiger charge is -2.08. The smallest absolute Gasteiger partial charge is 0.303 e. The number of aliphatic carboxylic acids is 1. The van der Waals surface area contributed by atoms with Gasteiger partial charge in [-0.05, 0) is 74.9 Å². The van der Waals surface area contributed by atoms with Crippen LogP contribution in [0.4, 0.5) is 0 Å². The molecule has 0 amide bonds. The van der Waals surface area contributed by atoms with Gasteiger partial charge in [-0.3, -0.25) is 4.79 Å². The highest BCUT2D eigenvalue weighted by Crippen LogP contribution is 2.14. The fraction of sp³-hybridized carbons (Fsp3) is 0.435. The van der Waals surface area contributed by atoms with Gasteiger partial charge in [0.05, 0.1) is 6.61 Å². The Kier molecular flexibility index (Phi) is 10.0. The van der Waals surface area contributed by atoms with Crippen LogP contribution in [0.3, 0.4) is 0 Å². The monoisotopic (exact) mass is 369 g/mol. The number of nitrogens with one attached hydrogen (secondary N) is 1. The number of ether oxygens (including phenoxy) is 1. The van der Waals surface area contributed by atoms with Crippen molar-refractivity contribution in [1.29, 1.82) is 0 Å². The van der Waals surface area contributed by atoms with Crippen molar-refractivity contribution >= 4 is 5.97 Å². The number of carboxylic acids is 1. The van der Waals surface area contributed by atoms with E-state index in [0.29, 0.717) is 0 Å². The van der Waals surface area contributed by atoms with Crippen molar-refractivity contribution in [3.63, 3.8) is 0 Å². The van der Waals surface area contributed by atoms with Crippen molar-refractivity contribution < 1.29 is 14.6 Å². The first-order chi connectivity index (χ1) is 13.2. The summed E-state index contributed by atoms with van der Waals surface area (Å²) in [4.78, 5) is 10.4. The van der Waals surface area contributed by atoms with Crippen molar-refractivity contribution in [2.45, 2.75) is 44.9 Å². The van der Waals surface area contributed by atoms with Crippen LogP contribution in [-0.2, 0) is 17.6 Å². The van der Waals surface area contributed by atoms with E-state index in [1.807, 2.05) is 6.07 Å². The van der Waals surface area contributed by atoms with Gasteiger partial charge < -0.3 is 15.2 Å². The Morgan fingerprint density at radius 3 is 2.22 bits per heavy atom. The van der Waals surface area contributed by atoms with E-state index in [2.05, 4.69) is 53.8 Å². The van der Waals surface area contributed by atoms with Crippen LogP contribution in [-0.4, -0.2) is 30.8 Å². The van der Waals surface area contributed by atoms with Crippen molar-refractivity contribution in [3.8, 4) is 5.75 Å². The minimum Gasteiger partial charge on any atom is -0.494 e. The Morgan fingerprint density at radius 1 is 0.815 bits per heavy atom. The lowest BCUT2D eigenvalue weighted by Crippen LogP contribution is -2.17. The summed E-state index contributed by atoms with van der Waals surface area (Å²) in [6, 6.07) is 18.9. The average Bonchev–Trinajstić information content (AvgIpc) is 2.69. The van der Waals surface area contributed by atoms with Crippen LogP contribution in [0.25, 0.3) is 0 Å². The van der Waals surface area contributed by atoms with E-state index in [1.54, 1.807) is 0 Å². The average molecular weight is 370 g/mol. The highest BCUT2D eigenvalue weighted by atomic mass is 16.5. The molecule has 0 spiro atoms. The fourth-order valence-corrected chi connectivity index (χ4v) is 2.93. The van der Waals surface area contributed by atoms with E-state index in [9.17, 15) is 4.79 Å². The Bertz CT molecular complexity index is 640. The lowest BCUT2D eigenvalue weighted by molar-refractivity contribution is -0.137. The first-order valence-corrected chi connectivity index (χ1v) is 9.92. The van der Waals surface area contributed by atoms with Gasteiger partial charge in [-0.25, -0.2) is 0 Å². The van der Waals surface area contributed by atoms with E-state index in [0.717, 1.165) is 64.0 Å². The standard InChI is InChI=1S/C23H31NO3/c25-23(26)12-4-5-17-24-18-6-10-21-13-15-22(16-14-21)27-19-7-11-20-8-2-1-3-9-20/h1-3,8-9,13-16,24H,4-7,10-12,17-19H2,(H,25,26). The van der Waals surface area contributed by atoms with Crippen LogP contribution < -0.4 is 10.1 Å². The Morgan fingerprint density at radius 2 is 1.48 bits per heavy atom. The number of carboxylic acid groups (broad SMARTS) is 1. The van der Waals surface area contributed by atoms with Gasteiger partial charge in [0.1, 0.15) is 5.75 Å². The maximum Gasteiger partial charge on any atom is 0.303 e. The number of benzene rings is 2. The molecule has 4 heteroatoms. The van der Waals surface area contributed by atoms with Gasteiger partial charge in [0.25, 0.3) is 0 Å². The summed E-state index contributed by atoms with van der Waals surface area (Å²) in [5.74, 6) is 0.224. The highest BCUT2D eigenvalue weighted by Gasteiger charge is 1.99. The molecular weight excluding hydrogens is 338 g/mol. The van der Waals surface area contributed by atoms with Crippen molar-refractivity contribution in [2.75, 3.05) is 19.7 Å². The van der Waals surface area contributed by atoms with Crippen LogP contribution in [0.1, 0.15) is 43.2 Å². The fourth-order valence-electron chi connectivity index (χ4n) is 2.93. The van der Waals surface area contributed by atoms with E-state index in [-0.39, 0.29) is 6.42 Å². The van der Waals surface area contributed by atoms with Crippen LogP contribution >= 0.6 is 0 Å². The zero-order valence-electron chi connectivity index (χ0n) is 16.0. The molecule has 0 aliphatic carbocycles. The minimum atomic E-state index is -0.710. The number of hydrogen-bond acceptors (Lipinski definition) is 3. The number of rotatable bonds is 14. The second-order valence-corrected chi connectivity index (χ2v) is 6.79. The molecule has 0 aromatic heterocycles. The number of hydrogen-bond donors (Lipinski definition) is 2. The van der Waals surface area contributed by atoms with Crippen LogP contribution in [0.15, 0.2) is 54.6 Å². The van der Waals surface area contributed by atoms with Crippen molar-refractivity contribution in [3.05, 3.63) is 65.7 Å². The molecule has 2 rings (SSSR count). The molecule has 2 N–H and O–H groups in total. The first-order valence-electron chi connectivity index (χ1n) is 9.92. The Balaban J connectivity index is 1.51. The minimum absolute atomic E-state index is 0.266. The topological polar surface area (TPSA) is 58.6 Å². The zero-order valence-corrected chi connectivity index (χ0v) is 16.0. The molecule has 0 saturated carbocycles. The molecule has 4 nitrogen and oxygen atoms in total. The Hall–Kier alpha value is -2.33. The van der Waals surface area contributed by atoms with E-state index >= 15 is 0 Å². The van der Waals surface area contributed by atoms with E-state index < -0.39 is 5.97 Å².